The van der Waals surface area contributed by atoms with Crippen LogP contribution in [-0.2, 0) is 5.41 Å². The molecule has 0 amide bonds. The molecular formula is C108H70N4. The number of para-hydroxylation sites is 1. The fourth-order valence-corrected chi connectivity index (χ4v) is 19.0. The minimum Gasteiger partial charge on any atom is -0.309 e. The van der Waals surface area contributed by atoms with E-state index in [-0.39, 0.29) is 5.41 Å². The molecule has 0 aliphatic heterocycles. The summed E-state index contributed by atoms with van der Waals surface area (Å²) in [6.07, 6.45) is 0. The molecule has 19 aromatic carbocycles. The van der Waals surface area contributed by atoms with Crippen LogP contribution in [0.25, 0.3) is 216 Å². The molecule has 522 valence electrons. The maximum atomic E-state index is 5.43. The summed E-state index contributed by atoms with van der Waals surface area (Å²) >= 11 is 0. The van der Waals surface area contributed by atoms with Gasteiger partial charge >= 0.3 is 0 Å². The first-order chi connectivity index (χ1) is 55.4. The molecule has 2 heterocycles. The van der Waals surface area contributed by atoms with Crippen LogP contribution in [0.3, 0.4) is 0 Å². The zero-order chi connectivity index (χ0) is 74.1. The first-order valence-corrected chi connectivity index (χ1v) is 38.7. The Morgan fingerprint density at radius 1 is 0.196 bits per heavy atom. The Morgan fingerprint density at radius 3 is 0.946 bits per heavy atom. The predicted molar refractivity (Wildman–Crippen MR) is 470 cm³/mol. The maximum Gasteiger partial charge on any atom is 0.164 e. The second-order valence-electron chi connectivity index (χ2n) is 30.3. The van der Waals surface area contributed by atoms with E-state index in [0.717, 1.165) is 116 Å². The Hall–Kier alpha value is -14.5. The number of hydrogen-bond donors (Lipinski definition) is 0. The lowest BCUT2D eigenvalue weighted by atomic mass is 9.73. The van der Waals surface area contributed by atoms with Crippen LogP contribution in [0.15, 0.2) is 388 Å². The van der Waals surface area contributed by atoms with Crippen molar-refractivity contribution in [2.75, 3.05) is 0 Å². The normalized spacial score (nSPS) is 12.4. The zero-order valence-electron chi connectivity index (χ0n) is 61.7. The van der Waals surface area contributed by atoms with Crippen molar-refractivity contribution < 1.29 is 0 Å². The summed E-state index contributed by atoms with van der Waals surface area (Å²) < 4.78 is 2.54. The smallest absolute Gasteiger partial charge is 0.164 e. The Bertz CT molecular complexity index is 7260. The van der Waals surface area contributed by atoms with Gasteiger partial charge in [-0.2, -0.15) is 0 Å². The molecule has 22 rings (SSSR count). The molecule has 0 radical (unpaired) electrons. The summed E-state index contributed by atoms with van der Waals surface area (Å²) in [7, 11) is 0. The van der Waals surface area contributed by atoms with Crippen LogP contribution in [0, 0.1) is 0 Å². The molecule has 0 atom stereocenters. The molecule has 21 aromatic rings. The second kappa shape index (κ2) is 25.9. The van der Waals surface area contributed by atoms with Gasteiger partial charge in [-0.05, 0) is 202 Å². The van der Waals surface area contributed by atoms with Crippen LogP contribution in [0.2, 0.25) is 0 Å². The Morgan fingerprint density at radius 2 is 0.509 bits per heavy atom. The summed E-state index contributed by atoms with van der Waals surface area (Å²) in [6.45, 7) is 4.78. The van der Waals surface area contributed by atoms with Crippen molar-refractivity contribution in [1.29, 1.82) is 0 Å². The van der Waals surface area contributed by atoms with Crippen molar-refractivity contribution >= 4 is 75.7 Å². The monoisotopic (exact) mass is 1420 g/mol. The molecule has 0 spiro atoms. The van der Waals surface area contributed by atoms with E-state index in [1.54, 1.807) is 0 Å². The number of fused-ring (bicyclic) bond motifs is 12. The molecule has 0 unspecified atom stereocenters. The van der Waals surface area contributed by atoms with Crippen molar-refractivity contribution in [3.05, 3.63) is 399 Å². The zero-order valence-corrected chi connectivity index (χ0v) is 61.7. The molecular weight excluding hydrogens is 1350 g/mol. The van der Waals surface area contributed by atoms with E-state index >= 15 is 0 Å². The van der Waals surface area contributed by atoms with Crippen molar-refractivity contribution in [3.8, 4) is 140 Å². The van der Waals surface area contributed by atoms with E-state index in [0.29, 0.717) is 17.5 Å². The molecule has 0 saturated heterocycles. The van der Waals surface area contributed by atoms with Crippen LogP contribution in [0.5, 0.6) is 0 Å². The highest BCUT2D eigenvalue weighted by molar-refractivity contribution is 6.46. The lowest BCUT2D eigenvalue weighted by Crippen LogP contribution is -2.14. The topological polar surface area (TPSA) is 43.6 Å². The quantitative estimate of drug-likeness (QED) is 0.0904. The molecule has 4 nitrogen and oxygen atoms in total. The van der Waals surface area contributed by atoms with Gasteiger partial charge in [0.1, 0.15) is 0 Å². The second-order valence-corrected chi connectivity index (χ2v) is 30.3. The number of hydrogen-bond acceptors (Lipinski definition) is 3. The van der Waals surface area contributed by atoms with Gasteiger partial charge in [-0.3, -0.25) is 0 Å². The van der Waals surface area contributed by atoms with Gasteiger partial charge in [0.25, 0.3) is 0 Å². The standard InChI is InChI=1S/C108H70N4/c1-108(2)87-61-29-27-55-79(87)85-65-86-80-56-28-30-62-89(80)112(90(86)66-88(85)108)78-54-32-52-76(64-78)98-94(70-41-17-6-18-42-70)93(69-39-15-5-16-40-69)97(75-51-31-53-77(63-75)107-110-105(73-47-23-9-24-48-73)109-106(111-107)74-49-25-10-26-50-74)103-83-59-33-57-81-99(83)100-82(58-34-60-84(100)104(98)103)102-96(72-45-21-8-22-46-72)92(68-37-13-4-14-38-68)91(67-35-11-3-12-36-67)95(101(81)102)71-43-19-7-20-44-71/h3-66H,1-2H3. The van der Waals surface area contributed by atoms with Gasteiger partial charge in [-0.25, -0.2) is 15.0 Å². The predicted octanol–water partition coefficient (Wildman–Crippen LogP) is 28.8. The van der Waals surface area contributed by atoms with Crippen molar-refractivity contribution in [2.45, 2.75) is 19.3 Å². The summed E-state index contributed by atoms with van der Waals surface area (Å²) in [5, 5.41) is 14.3. The third-order valence-electron chi connectivity index (χ3n) is 23.7. The molecule has 0 N–H and O–H groups in total. The summed E-state index contributed by atoms with van der Waals surface area (Å²) in [6, 6.07) is 144. The third kappa shape index (κ3) is 10.0. The first-order valence-electron chi connectivity index (χ1n) is 38.7. The van der Waals surface area contributed by atoms with E-state index < -0.39 is 0 Å². The number of rotatable bonds is 12. The van der Waals surface area contributed by atoms with Crippen LogP contribution in [0.4, 0.5) is 0 Å². The number of aromatic nitrogens is 4. The van der Waals surface area contributed by atoms with Gasteiger partial charge in [-0.15, -0.1) is 0 Å². The van der Waals surface area contributed by atoms with Crippen molar-refractivity contribution in [2.24, 2.45) is 0 Å². The molecule has 2 aromatic heterocycles. The molecule has 112 heavy (non-hydrogen) atoms. The van der Waals surface area contributed by atoms with Crippen LogP contribution >= 0.6 is 0 Å². The minimum atomic E-state index is -0.215. The maximum absolute atomic E-state index is 5.43. The van der Waals surface area contributed by atoms with E-state index in [9.17, 15) is 0 Å². The average Bonchev–Trinajstić information content (AvgIpc) is 0.816. The SMILES string of the molecule is CC1(C)c2ccccc2-c2cc3c4ccccc4n(-c4cccc(-c5c(-c6ccccc6)c(-c6ccccc6)c(-c6cccc(-c7nc(-c8ccccc8)nc(-c8ccccc8)n7)c6)c6c7cccc8c9c(-c%10ccccc%10)c(-c%10ccccc%10)c(-c%10ccccc%10)c(-c%10ccccc%10)c9c9cccc(c56)c9c87)c4)c3cc21. The lowest BCUT2D eigenvalue weighted by molar-refractivity contribution is 0.661. The summed E-state index contributed by atoms with van der Waals surface area (Å²) in [4.78, 5) is 16.1. The van der Waals surface area contributed by atoms with Gasteiger partial charge in [0.2, 0.25) is 0 Å². The van der Waals surface area contributed by atoms with Gasteiger partial charge in [0.15, 0.2) is 17.5 Å². The molecule has 4 heteroatoms. The largest absolute Gasteiger partial charge is 0.309 e. The fraction of sp³-hybridized carbons (Fsp3) is 0.0278. The Kier molecular flexibility index (Phi) is 15.0. The van der Waals surface area contributed by atoms with Crippen LogP contribution in [-0.4, -0.2) is 19.5 Å². The third-order valence-corrected chi connectivity index (χ3v) is 23.7. The van der Waals surface area contributed by atoms with E-state index in [2.05, 4.69) is 370 Å². The molecule has 1 aliphatic rings. The average molecular weight is 1420 g/mol. The summed E-state index contributed by atoms with van der Waals surface area (Å²) in [5.41, 5.74) is 29.4. The van der Waals surface area contributed by atoms with E-state index in [1.165, 1.54) is 93.1 Å². The highest BCUT2D eigenvalue weighted by atomic mass is 15.0. The van der Waals surface area contributed by atoms with Gasteiger partial charge in [0.05, 0.1) is 11.0 Å². The lowest BCUT2D eigenvalue weighted by Gasteiger charge is -2.29. The fourth-order valence-electron chi connectivity index (χ4n) is 19.0. The van der Waals surface area contributed by atoms with Crippen LogP contribution in [0.1, 0.15) is 25.0 Å². The first kappa shape index (κ1) is 64.7. The number of benzene rings is 19. The van der Waals surface area contributed by atoms with E-state index in [1.807, 2.05) is 36.4 Å². The van der Waals surface area contributed by atoms with Crippen molar-refractivity contribution in [3.63, 3.8) is 0 Å². The van der Waals surface area contributed by atoms with Gasteiger partial charge in [0, 0.05) is 38.6 Å². The van der Waals surface area contributed by atoms with Gasteiger partial charge < -0.3 is 4.57 Å². The molecule has 0 fully saturated rings. The number of nitrogens with zero attached hydrogens (tertiary/aromatic N) is 4. The van der Waals surface area contributed by atoms with E-state index in [4.69, 9.17) is 15.0 Å². The minimum absolute atomic E-state index is 0.215. The highest BCUT2D eigenvalue weighted by Crippen LogP contribution is 2.61. The molecule has 0 bridgehead atoms. The van der Waals surface area contributed by atoms with Gasteiger partial charge in [-0.1, -0.05) is 366 Å². The summed E-state index contributed by atoms with van der Waals surface area (Å²) in [5.74, 6) is 1.80. The highest BCUT2D eigenvalue weighted by Gasteiger charge is 2.37. The van der Waals surface area contributed by atoms with Crippen LogP contribution < -0.4 is 0 Å². The van der Waals surface area contributed by atoms with Crippen molar-refractivity contribution in [1.82, 2.24) is 19.5 Å². The molecule has 1 aliphatic carbocycles. The Labute approximate surface area is 649 Å². The Balaban J connectivity index is 0.948. The molecule has 0 saturated carbocycles.